The highest BCUT2D eigenvalue weighted by molar-refractivity contribution is 7.84. The summed E-state index contributed by atoms with van der Waals surface area (Å²) in [6.07, 6.45) is 1.79. The van der Waals surface area contributed by atoms with Gasteiger partial charge in [0.05, 0.1) is 19.8 Å². The molecule has 1 N–H and O–H groups in total. The van der Waals surface area contributed by atoms with Crippen molar-refractivity contribution >= 4 is 45.0 Å². The summed E-state index contributed by atoms with van der Waals surface area (Å²) < 4.78 is 49.5. The number of nitrogens with zero attached hydrogens (tertiary/aromatic N) is 3. The number of esters is 1. The summed E-state index contributed by atoms with van der Waals surface area (Å²) in [7, 11) is -1.67. The summed E-state index contributed by atoms with van der Waals surface area (Å²) in [5, 5.41) is 2.45. The molecular formula is C19H18ClFN4O5S2. The Morgan fingerprint density at radius 1 is 1.38 bits per heavy atom. The molecule has 1 saturated heterocycles. The SMILES string of the molecule is COC(=O)C1=C2C[C@H](NS(=O)(=O)OC)CN2C(c2nccs2)=N[C@H]1c1ccc(F)cc1Cl. The van der Waals surface area contributed by atoms with Gasteiger partial charge in [-0.05, 0) is 12.1 Å². The van der Waals surface area contributed by atoms with Crippen LogP contribution in [0.1, 0.15) is 23.0 Å². The Labute approximate surface area is 192 Å². The Morgan fingerprint density at radius 3 is 2.78 bits per heavy atom. The Bertz CT molecular complexity index is 1220. The maximum atomic E-state index is 13.7. The first-order chi connectivity index (χ1) is 15.2. The molecule has 2 aliphatic heterocycles. The van der Waals surface area contributed by atoms with E-state index < -0.39 is 34.2 Å². The molecule has 0 amide bonds. The lowest BCUT2D eigenvalue weighted by atomic mass is 9.94. The van der Waals surface area contributed by atoms with Gasteiger partial charge in [0.25, 0.3) is 0 Å². The number of hydrogen-bond acceptors (Lipinski definition) is 9. The fraction of sp³-hybridized carbons (Fsp3) is 0.316. The molecule has 3 heterocycles. The maximum Gasteiger partial charge on any atom is 0.338 e. The van der Waals surface area contributed by atoms with Gasteiger partial charge in [0, 0.05) is 46.9 Å². The van der Waals surface area contributed by atoms with Gasteiger partial charge in [0.15, 0.2) is 10.8 Å². The van der Waals surface area contributed by atoms with Gasteiger partial charge in [0.1, 0.15) is 11.9 Å². The van der Waals surface area contributed by atoms with Crippen molar-refractivity contribution in [2.75, 3.05) is 20.8 Å². The number of benzene rings is 1. The van der Waals surface area contributed by atoms with E-state index in [2.05, 4.69) is 13.9 Å². The van der Waals surface area contributed by atoms with E-state index in [4.69, 9.17) is 21.3 Å². The minimum atomic E-state index is -3.97. The predicted octanol–water partition coefficient (Wildman–Crippen LogP) is 2.42. The predicted molar refractivity (Wildman–Crippen MR) is 116 cm³/mol. The van der Waals surface area contributed by atoms with Crippen LogP contribution in [0, 0.1) is 5.82 Å². The van der Waals surface area contributed by atoms with Crippen LogP contribution in [0.5, 0.6) is 0 Å². The Hall–Kier alpha value is -2.38. The summed E-state index contributed by atoms with van der Waals surface area (Å²) in [5.74, 6) is -0.720. The Balaban J connectivity index is 1.87. The number of nitrogens with one attached hydrogen (secondary N) is 1. The first-order valence-corrected chi connectivity index (χ1v) is 12.0. The lowest BCUT2D eigenvalue weighted by Crippen LogP contribution is -2.40. The second-order valence-corrected chi connectivity index (χ2v) is 9.74. The van der Waals surface area contributed by atoms with Crippen LogP contribution in [0.15, 0.2) is 46.0 Å². The van der Waals surface area contributed by atoms with E-state index >= 15 is 0 Å². The largest absolute Gasteiger partial charge is 0.466 e. The monoisotopic (exact) mass is 500 g/mol. The van der Waals surface area contributed by atoms with Gasteiger partial charge in [0.2, 0.25) is 0 Å². The van der Waals surface area contributed by atoms with Crippen molar-refractivity contribution in [1.29, 1.82) is 0 Å². The summed E-state index contributed by atoms with van der Waals surface area (Å²) in [5.41, 5.74) is 1.13. The fourth-order valence-electron chi connectivity index (χ4n) is 3.75. The highest BCUT2D eigenvalue weighted by Gasteiger charge is 2.43. The van der Waals surface area contributed by atoms with E-state index in [1.807, 2.05) is 0 Å². The van der Waals surface area contributed by atoms with Crippen molar-refractivity contribution in [3.05, 3.63) is 62.5 Å². The number of ether oxygens (including phenoxy) is 1. The van der Waals surface area contributed by atoms with Crippen molar-refractivity contribution in [2.45, 2.75) is 18.5 Å². The van der Waals surface area contributed by atoms with Crippen LogP contribution >= 0.6 is 22.9 Å². The van der Waals surface area contributed by atoms with E-state index in [1.165, 1.54) is 30.6 Å². The molecular weight excluding hydrogens is 483 g/mol. The zero-order chi connectivity index (χ0) is 23.0. The summed E-state index contributed by atoms with van der Waals surface area (Å²) in [4.78, 5) is 23.6. The van der Waals surface area contributed by atoms with Gasteiger partial charge in [-0.1, -0.05) is 17.7 Å². The number of rotatable bonds is 6. The van der Waals surface area contributed by atoms with Crippen molar-refractivity contribution in [3.63, 3.8) is 0 Å². The number of carbonyl (C=O) groups excluding carboxylic acids is 1. The van der Waals surface area contributed by atoms with E-state index in [-0.39, 0.29) is 23.6 Å². The topological polar surface area (TPSA) is 110 Å². The number of methoxy groups -OCH3 is 1. The highest BCUT2D eigenvalue weighted by atomic mass is 35.5. The van der Waals surface area contributed by atoms with Crippen LogP contribution in [-0.2, 0) is 24.0 Å². The molecule has 9 nitrogen and oxygen atoms in total. The van der Waals surface area contributed by atoms with Crippen molar-refractivity contribution in [1.82, 2.24) is 14.6 Å². The number of carbonyl (C=O) groups is 1. The van der Waals surface area contributed by atoms with Gasteiger partial charge in [-0.2, -0.15) is 13.1 Å². The minimum Gasteiger partial charge on any atom is -0.466 e. The molecule has 170 valence electrons. The van der Waals surface area contributed by atoms with Gasteiger partial charge in [-0.15, -0.1) is 11.3 Å². The molecule has 0 spiro atoms. The average Bonchev–Trinajstić information content (AvgIpc) is 3.42. The number of aliphatic imine (C=N–C) groups is 1. The number of aromatic nitrogens is 1. The number of halogens is 2. The van der Waals surface area contributed by atoms with Crippen LogP contribution in [0.3, 0.4) is 0 Å². The van der Waals surface area contributed by atoms with Crippen molar-refractivity contribution < 1.29 is 26.5 Å². The molecule has 0 aliphatic carbocycles. The quantitative estimate of drug-likeness (QED) is 0.606. The Morgan fingerprint density at radius 2 is 2.16 bits per heavy atom. The third-order valence-electron chi connectivity index (χ3n) is 5.08. The minimum absolute atomic E-state index is 0.0994. The van der Waals surface area contributed by atoms with Crippen molar-refractivity contribution in [3.8, 4) is 0 Å². The molecule has 0 saturated carbocycles. The maximum absolute atomic E-state index is 13.7. The zero-order valence-corrected chi connectivity index (χ0v) is 19.3. The fourth-order valence-corrected chi connectivity index (χ4v) is 5.32. The first kappa shape index (κ1) is 22.8. The molecule has 13 heteroatoms. The van der Waals surface area contributed by atoms with E-state index in [0.717, 1.165) is 13.2 Å². The second-order valence-electron chi connectivity index (χ2n) is 6.96. The number of fused-ring (bicyclic) bond motifs is 1. The summed E-state index contributed by atoms with van der Waals surface area (Å²) >= 11 is 7.65. The van der Waals surface area contributed by atoms with E-state index in [9.17, 15) is 17.6 Å². The van der Waals surface area contributed by atoms with Gasteiger partial charge in [-0.3, -0.25) is 9.18 Å². The molecule has 32 heavy (non-hydrogen) atoms. The molecule has 2 aliphatic rings. The lowest BCUT2D eigenvalue weighted by molar-refractivity contribution is -0.136. The molecule has 4 rings (SSSR count). The second kappa shape index (κ2) is 8.87. The molecule has 0 bridgehead atoms. The molecule has 1 fully saturated rings. The normalized spacial score (nSPS) is 20.9. The van der Waals surface area contributed by atoms with Gasteiger partial charge in [-0.25, -0.2) is 14.2 Å². The Kier molecular flexibility index (Phi) is 6.32. The number of amidine groups is 1. The lowest BCUT2D eigenvalue weighted by Gasteiger charge is -2.31. The summed E-state index contributed by atoms with van der Waals surface area (Å²) in [6.45, 7) is 0.195. The average molecular weight is 501 g/mol. The number of thiazole rings is 1. The molecule has 1 aromatic heterocycles. The van der Waals surface area contributed by atoms with Crippen LogP contribution in [0.4, 0.5) is 4.39 Å². The standard InChI is InChI=1S/C19H18ClFN4O5S2/c1-29-19(26)15-14-8-11(24-32(27,28)30-2)9-25(14)17(18-22-5-6-31-18)23-16(15)12-4-3-10(21)7-13(12)20/h3-7,11,16,24H,8-9H2,1-2H3/t11-,16-/m0/s1. The molecule has 2 aromatic rings. The van der Waals surface area contributed by atoms with Crippen LogP contribution in [0.25, 0.3) is 0 Å². The highest BCUT2D eigenvalue weighted by Crippen LogP contribution is 2.42. The van der Waals surface area contributed by atoms with Crippen molar-refractivity contribution in [2.24, 2.45) is 4.99 Å². The first-order valence-electron chi connectivity index (χ1n) is 9.33. The zero-order valence-electron chi connectivity index (χ0n) is 16.9. The van der Waals surface area contributed by atoms with Gasteiger partial charge >= 0.3 is 16.3 Å². The van der Waals surface area contributed by atoms with E-state index in [1.54, 1.807) is 16.5 Å². The van der Waals surface area contributed by atoms with Crippen LogP contribution in [0.2, 0.25) is 5.02 Å². The van der Waals surface area contributed by atoms with E-state index in [0.29, 0.717) is 22.1 Å². The third kappa shape index (κ3) is 4.28. The smallest absolute Gasteiger partial charge is 0.338 e. The van der Waals surface area contributed by atoms with Crippen LogP contribution < -0.4 is 4.72 Å². The third-order valence-corrected chi connectivity index (χ3v) is 7.23. The number of hydrogen-bond donors (Lipinski definition) is 1. The molecule has 0 unspecified atom stereocenters. The van der Waals surface area contributed by atoms with Gasteiger partial charge < -0.3 is 9.64 Å². The molecule has 2 atom stereocenters. The summed E-state index contributed by atoms with van der Waals surface area (Å²) in [6, 6.07) is 2.35. The molecule has 1 aromatic carbocycles. The van der Waals surface area contributed by atoms with Crippen LogP contribution in [-0.4, -0.2) is 56.9 Å². The molecule has 0 radical (unpaired) electrons.